The third-order valence-corrected chi connectivity index (χ3v) is 4.86. The molecule has 3 rings (SSSR count). The van der Waals surface area contributed by atoms with Gasteiger partial charge in [-0.05, 0) is 24.5 Å². The van der Waals surface area contributed by atoms with Crippen LogP contribution in [0.3, 0.4) is 0 Å². The quantitative estimate of drug-likeness (QED) is 0.580. The van der Waals surface area contributed by atoms with Gasteiger partial charge in [0, 0.05) is 5.56 Å². The van der Waals surface area contributed by atoms with Crippen LogP contribution < -0.4 is 5.32 Å². The van der Waals surface area contributed by atoms with Gasteiger partial charge < -0.3 is 14.6 Å². The van der Waals surface area contributed by atoms with E-state index in [1.807, 2.05) is 68.4 Å². The van der Waals surface area contributed by atoms with E-state index in [0.717, 1.165) is 23.1 Å². The molecular formula is C23H27N3O3. The molecule has 0 aliphatic heterocycles. The van der Waals surface area contributed by atoms with Crippen molar-refractivity contribution in [2.24, 2.45) is 5.92 Å². The number of hydrogen-bond acceptors (Lipinski definition) is 5. The molecule has 152 valence electrons. The molecule has 1 heterocycles. The van der Waals surface area contributed by atoms with Crippen LogP contribution in [0.25, 0.3) is 11.4 Å². The number of ether oxygens (including phenoxy) is 1. The van der Waals surface area contributed by atoms with Gasteiger partial charge in [0.1, 0.15) is 12.6 Å². The van der Waals surface area contributed by atoms with Crippen LogP contribution >= 0.6 is 0 Å². The Morgan fingerprint density at radius 3 is 2.69 bits per heavy atom. The lowest BCUT2D eigenvalue weighted by atomic mass is 9.99. The summed E-state index contributed by atoms with van der Waals surface area (Å²) in [7, 11) is 0. The fourth-order valence-electron chi connectivity index (χ4n) is 3.00. The molecule has 1 amide bonds. The molecule has 0 saturated heterocycles. The molecule has 6 nitrogen and oxygen atoms in total. The Morgan fingerprint density at radius 2 is 1.97 bits per heavy atom. The molecule has 0 radical (unpaired) electrons. The number of nitrogens with one attached hydrogen (secondary N) is 1. The van der Waals surface area contributed by atoms with Crippen molar-refractivity contribution in [1.29, 1.82) is 0 Å². The summed E-state index contributed by atoms with van der Waals surface area (Å²) in [6.45, 7) is 6.49. The number of rotatable bonds is 9. The van der Waals surface area contributed by atoms with Crippen molar-refractivity contribution in [2.75, 3.05) is 6.61 Å². The normalized spacial score (nSPS) is 13.1. The van der Waals surface area contributed by atoms with E-state index in [1.165, 1.54) is 0 Å². The van der Waals surface area contributed by atoms with Crippen molar-refractivity contribution in [3.8, 4) is 11.4 Å². The van der Waals surface area contributed by atoms with Gasteiger partial charge in [0.15, 0.2) is 0 Å². The van der Waals surface area contributed by atoms with E-state index >= 15 is 0 Å². The van der Waals surface area contributed by atoms with Crippen molar-refractivity contribution >= 4 is 5.91 Å². The molecule has 1 aromatic heterocycles. The SMILES string of the molecule is CC[C@@H](C)[C@H](NC(=O)COCc1ccccc1)c1nc(-c2cccc(C)c2)no1. The number of carbonyl (C=O) groups excluding carboxylic acids is 1. The first-order chi connectivity index (χ1) is 14.1. The zero-order valence-corrected chi connectivity index (χ0v) is 17.1. The van der Waals surface area contributed by atoms with E-state index in [1.54, 1.807) is 0 Å². The third-order valence-electron chi connectivity index (χ3n) is 4.86. The number of aryl methyl sites for hydroxylation is 1. The average Bonchev–Trinajstić information content (AvgIpc) is 3.22. The summed E-state index contributed by atoms with van der Waals surface area (Å²) in [6.07, 6.45) is 0.859. The topological polar surface area (TPSA) is 77.2 Å². The molecule has 29 heavy (non-hydrogen) atoms. The molecule has 2 aromatic carbocycles. The molecule has 3 aromatic rings. The van der Waals surface area contributed by atoms with Crippen molar-refractivity contribution in [3.63, 3.8) is 0 Å². The number of hydrogen-bond donors (Lipinski definition) is 1. The lowest BCUT2D eigenvalue weighted by molar-refractivity contribution is -0.127. The largest absolute Gasteiger partial charge is 0.367 e. The van der Waals surface area contributed by atoms with Gasteiger partial charge in [0.2, 0.25) is 17.6 Å². The van der Waals surface area contributed by atoms with Crippen LogP contribution in [-0.4, -0.2) is 22.7 Å². The predicted molar refractivity (Wildman–Crippen MR) is 111 cm³/mol. The van der Waals surface area contributed by atoms with Crippen LogP contribution in [0.4, 0.5) is 0 Å². The Morgan fingerprint density at radius 1 is 1.17 bits per heavy atom. The summed E-state index contributed by atoms with van der Waals surface area (Å²) in [4.78, 5) is 17.0. The van der Waals surface area contributed by atoms with Gasteiger partial charge in [0.05, 0.1) is 6.61 Å². The predicted octanol–water partition coefficient (Wildman–Crippen LogP) is 4.47. The van der Waals surface area contributed by atoms with Gasteiger partial charge in [-0.25, -0.2) is 0 Å². The number of carbonyl (C=O) groups is 1. The second kappa shape index (κ2) is 9.98. The number of aromatic nitrogens is 2. The zero-order chi connectivity index (χ0) is 20.6. The fourth-order valence-corrected chi connectivity index (χ4v) is 3.00. The smallest absolute Gasteiger partial charge is 0.249 e. The molecule has 0 aliphatic carbocycles. The number of benzene rings is 2. The Labute approximate surface area is 171 Å². The Bertz CT molecular complexity index is 924. The second-order valence-electron chi connectivity index (χ2n) is 7.23. The highest BCUT2D eigenvalue weighted by atomic mass is 16.5. The minimum Gasteiger partial charge on any atom is -0.367 e. The van der Waals surface area contributed by atoms with E-state index in [0.29, 0.717) is 18.3 Å². The standard InChI is InChI=1S/C23H27N3O3/c1-4-17(3)21(24-20(27)15-28-14-18-10-6-5-7-11-18)23-25-22(26-29-23)19-12-8-9-16(2)13-19/h5-13,17,21H,4,14-15H2,1-3H3,(H,24,27)/t17-,21+/m1/s1. The molecule has 0 bridgehead atoms. The highest BCUT2D eigenvalue weighted by Gasteiger charge is 2.26. The Hall–Kier alpha value is -2.99. The summed E-state index contributed by atoms with van der Waals surface area (Å²) < 4.78 is 11.0. The highest BCUT2D eigenvalue weighted by molar-refractivity contribution is 5.77. The monoisotopic (exact) mass is 393 g/mol. The van der Waals surface area contributed by atoms with Gasteiger partial charge in [-0.1, -0.05) is 79.5 Å². The molecule has 2 atom stereocenters. The summed E-state index contributed by atoms with van der Waals surface area (Å²) in [5.74, 6) is 0.860. The van der Waals surface area contributed by atoms with E-state index in [4.69, 9.17) is 9.26 Å². The van der Waals surface area contributed by atoms with E-state index in [2.05, 4.69) is 22.4 Å². The third kappa shape index (κ3) is 5.74. The van der Waals surface area contributed by atoms with Crippen LogP contribution in [0, 0.1) is 12.8 Å². The van der Waals surface area contributed by atoms with Crippen LogP contribution in [0.15, 0.2) is 59.1 Å². The lowest BCUT2D eigenvalue weighted by Gasteiger charge is -2.20. The first-order valence-electron chi connectivity index (χ1n) is 9.88. The van der Waals surface area contributed by atoms with Crippen LogP contribution in [0.2, 0.25) is 0 Å². The highest BCUT2D eigenvalue weighted by Crippen LogP contribution is 2.26. The molecule has 1 N–H and O–H groups in total. The Balaban J connectivity index is 1.64. The second-order valence-corrected chi connectivity index (χ2v) is 7.23. The molecule has 0 saturated carbocycles. The maximum atomic E-state index is 12.4. The molecule has 0 fully saturated rings. The van der Waals surface area contributed by atoms with Crippen LogP contribution in [-0.2, 0) is 16.1 Å². The molecule has 0 unspecified atom stereocenters. The van der Waals surface area contributed by atoms with Crippen LogP contribution in [0.1, 0.15) is 43.3 Å². The summed E-state index contributed by atoms with van der Waals surface area (Å²) in [5.41, 5.74) is 3.04. The number of amides is 1. The molecule has 0 aliphatic rings. The summed E-state index contributed by atoms with van der Waals surface area (Å²) in [5, 5.41) is 7.09. The zero-order valence-electron chi connectivity index (χ0n) is 17.1. The van der Waals surface area contributed by atoms with E-state index < -0.39 is 0 Å². The van der Waals surface area contributed by atoms with Gasteiger partial charge in [-0.15, -0.1) is 0 Å². The van der Waals surface area contributed by atoms with Gasteiger partial charge in [-0.2, -0.15) is 4.98 Å². The van der Waals surface area contributed by atoms with Crippen molar-refractivity contribution in [3.05, 3.63) is 71.6 Å². The van der Waals surface area contributed by atoms with Gasteiger partial charge >= 0.3 is 0 Å². The van der Waals surface area contributed by atoms with Gasteiger partial charge in [-0.3, -0.25) is 4.79 Å². The molecule has 0 spiro atoms. The van der Waals surface area contributed by atoms with Crippen molar-refractivity contribution < 1.29 is 14.1 Å². The van der Waals surface area contributed by atoms with Gasteiger partial charge in [0.25, 0.3) is 0 Å². The summed E-state index contributed by atoms with van der Waals surface area (Å²) >= 11 is 0. The van der Waals surface area contributed by atoms with Crippen LogP contribution in [0.5, 0.6) is 0 Å². The molecule has 6 heteroatoms. The fraction of sp³-hybridized carbons (Fsp3) is 0.348. The minimum atomic E-state index is -0.362. The average molecular weight is 393 g/mol. The minimum absolute atomic E-state index is 0.0271. The first kappa shape index (κ1) is 20.7. The van der Waals surface area contributed by atoms with Crippen molar-refractivity contribution in [2.45, 2.75) is 39.8 Å². The summed E-state index contributed by atoms with van der Waals surface area (Å²) in [6, 6.07) is 17.3. The Kier molecular flexibility index (Phi) is 7.14. The first-order valence-corrected chi connectivity index (χ1v) is 9.88. The maximum Gasteiger partial charge on any atom is 0.249 e. The van der Waals surface area contributed by atoms with E-state index in [9.17, 15) is 4.79 Å². The van der Waals surface area contributed by atoms with Crippen molar-refractivity contribution in [1.82, 2.24) is 15.5 Å². The lowest BCUT2D eigenvalue weighted by Crippen LogP contribution is -2.35. The molecular weight excluding hydrogens is 366 g/mol. The number of nitrogens with zero attached hydrogens (tertiary/aromatic N) is 2. The maximum absolute atomic E-state index is 12.4. The van der Waals surface area contributed by atoms with E-state index in [-0.39, 0.29) is 24.5 Å².